The molecule has 25 heavy (non-hydrogen) atoms. The van der Waals surface area contributed by atoms with E-state index in [-0.39, 0.29) is 6.03 Å². The summed E-state index contributed by atoms with van der Waals surface area (Å²) in [6.07, 6.45) is 3.84. The van der Waals surface area contributed by atoms with E-state index < -0.39 is 11.9 Å². The number of hydrogen-bond acceptors (Lipinski definition) is 6. The number of aryl methyl sites for hydroxylation is 2. The monoisotopic (exact) mass is 360 g/mol. The Bertz CT molecular complexity index is 806. The molecule has 0 radical (unpaired) electrons. The lowest BCUT2D eigenvalue weighted by Gasteiger charge is -2.21. The second-order valence-electron chi connectivity index (χ2n) is 5.83. The van der Waals surface area contributed by atoms with Crippen LogP contribution in [0.15, 0.2) is 12.3 Å². The van der Waals surface area contributed by atoms with Gasteiger partial charge in [-0.3, -0.25) is 10.1 Å². The molecule has 1 aliphatic heterocycles. The predicted octanol–water partition coefficient (Wildman–Crippen LogP) is 1.95. The molecule has 1 atom stereocenters. The summed E-state index contributed by atoms with van der Waals surface area (Å²) in [5, 5.41) is 3.25. The smallest absolute Gasteiger partial charge is 0.324 e. The van der Waals surface area contributed by atoms with Crippen molar-refractivity contribution in [3.05, 3.63) is 23.8 Å². The van der Waals surface area contributed by atoms with Gasteiger partial charge in [-0.1, -0.05) is 18.3 Å². The molecule has 132 valence electrons. The van der Waals surface area contributed by atoms with Gasteiger partial charge in [-0.05, 0) is 25.8 Å². The Labute approximate surface area is 149 Å². The lowest BCUT2D eigenvalue weighted by atomic mass is 10.2. The molecule has 0 bridgehead atoms. The molecule has 1 aliphatic rings. The van der Waals surface area contributed by atoms with Crippen LogP contribution in [0.3, 0.4) is 0 Å². The fraction of sp³-hybridized carbons (Fsp3) is 0.438. The van der Waals surface area contributed by atoms with Crippen molar-refractivity contribution in [3.63, 3.8) is 0 Å². The highest BCUT2D eigenvalue weighted by molar-refractivity contribution is 7.19. The second-order valence-corrected chi connectivity index (χ2v) is 6.83. The molecule has 2 aromatic rings. The fourth-order valence-electron chi connectivity index (χ4n) is 2.85. The quantitative estimate of drug-likeness (QED) is 0.865. The first-order chi connectivity index (χ1) is 12.0. The first-order valence-electron chi connectivity index (χ1n) is 8.16. The fourth-order valence-corrected chi connectivity index (χ4v) is 3.78. The van der Waals surface area contributed by atoms with Crippen molar-refractivity contribution in [1.82, 2.24) is 19.9 Å². The number of nitrogens with zero attached hydrogens (tertiary/aromatic N) is 4. The van der Waals surface area contributed by atoms with Crippen LogP contribution in [0.4, 0.5) is 9.93 Å². The standard InChI is InChI=1S/C16H20N6O2S/c1-3-12-18-7-6-10(20-12)13-9(2)19-15(25-13)21-16(24)22-8-4-5-11(22)14(17)23/h6-7,11H,3-5,8H2,1-2H3,(H2,17,23)(H,19,21,24). The van der Waals surface area contributed by atoms with Crippen LogP contribution in [0.25, 0.3) is 10.6 Å². The van der Waals surface area contributed by atoms with E-state index >= 15 is 0 Å². The average Bonchev–Trinajstić information content (AvgIpc) is 3.21. The van der Waals surface area contributed by atoms with Crippen LogP contribution in [-0.2, 0) is 11.2 Å². The van der Waals surface area contributed by atoms with Crippen molar-refractivity contribution in [2.24, 2.45) is 5.73 Å². The number of hydrogen-bond donors (Lipinski definition) is 2. The normalized spacial score (nSPS) is 16.9. The third-order valence-electron chi connectivity index (χ3n) is 4.11. The summed E-state index contributed by atoms with van der Waals surface area (Å²) < 4.78 is 0. The lowest BCUT2D eigenvalue weighted by Crippen LogP contribution is -2.45. The van der Waals surface area contributed by atoms with Gasteiger partial charge in [0.25, 0.3) is 0 Å². The van der Waals surface area contributed by atoms with E-state index in [2.05, 4.69) is 20.3 Å². The van der Waals surface area contributed by atoms with Crippen molar-refractivity contribution >= 4 is 28.4 Å². The van der Waals surface area contributed by atoms with E-state index in [9.17, 15) is 9.59 Å². The molecule has 3 amide bonds. The minimum Gasteiger partial charge on any atom is -0.368 e. The third-order valence-corrected chi connectivity index (χ3v) is 5.20. The highest BCUT2D eigenvalue weighted by Crippen LogP contribution is 2.32. The second kappa shape index (κ2) is 7.14. The van der Waals surface area contributed by atoms with E-state index in [4.69, 9.17) is 5.73 Å². The molecule has 0 saturated carbocycles. The van der Waals surface area contributed by atoms with E-state index in [1.54, 1.807) is 6.20 Å². The SMILES string of the molecule is CCc1nccc(-c2sc(NC(=O)N3CCCC3C(N)=O)nc2C)n1. The number of carbonyl (C=O) groups excluding carboxylic acids is 2. The number of aromatic nitrogens is 3. The van der Waals surface area contributed by atoms with Crippen molar-refractivity contribution < 1.29 is 9.59 Å². The number of rotatable bonds is 4. The van der Waals surface area contributed by atoms with E-state index in [0.29, 0.717) is 18.1 Å². The Morgan fingerprint density at radius 3 is 2.96 bits per heavy atom. The molecule has 1 fully saturated rings. The van der Waals surface area contributed by atoms with Gasteiger partial charge in [0, 0.05) is 19.2 Å². The van der Waals surface area contributed by atoms with E-state index in [1.165, 1.54) is 16.2 Å². The highest BCUT2D eigenvalue weighted by Gasteiger charge is 2.33. The van der Waals surface area contributed by atoms with Crippen LogP contribution >= 0.6 is 11.3 Å². The van der Waals surface area contributed by atoms with Crippen LogP contribution in [0.5, 0.6) is 0 Å². The van der Waals surface area contributed by atoms with Crippen LogP contribution < -0.4 is 11.1 Å². The Morgan fingerprint density at radius 1 is 1.44 bits per heavy atom. The maximum Gasteiger partial charge on any atom is 0.324 e. The van der Waals surface area contributed by atoms with Gasteiger partial charge in [-0.15, -0.1) is 0 Å². The first kappa shape index (κ1) is 17.3. The Balaban J connectivity index is 1.78. The number of amides is 3. The minimum absolute atomic E-state index is 0.349. The zero-order valence-electron chi connectivity index (χ0n) is 14.2. The number of nitrogens with one attached hydrogen (secondary N) is 1. The van der Waals surface area contributed by atoms with Gasteiger partial charge in [0.2, 0.25) is 5.91 Å². The van der Waals surface area contributed by atoms with Gasteiger partial charge in [-0.2, -0.15) is 0 Å². The van der Waals surface area contributed by atoms with Crippen LogP contribution in [0.2, 0.25) is 0 Å². The molecular weight excluding hydrogens is 340 g/mol. The molecule has 3 rings (SSSR count). The summed E-state index contributed by atoms with van der Waals surface area (Å²) in [5.74, 6) is 0.286. The number of carbonyl (C=O) groups is 2. The van der Waals surface area contributed by atoms with Crippen LogP contribution in [0.1, 0.15) is 31.3 Å². The lowest BCUT2D eigenvalue weighted by molar-refractivity contribution is -0.121. The minimum atomic E-state index is -0.547. The number of primary amides is 1. The largest absolute Gasteiger partial charge is 0.368 e. The maximum atomic E-state index is 12.4. The van der Waals surface area contributed by atoms with Crippen molar-refractivity contribution in [2.75, 3.05) is 11.9 Å². The predicted molar refractivity (Wildman–Crippen MR) is 95.2 cm³/mol. The molecule has 8 nitrogen and oxygen atoms in total. The van der Waals surface area contributed by atoms with Crippen LogP contribution in [-0.4, -0.2) is 44.4 Å². The van der Waals surface area contributed by atoms with Gasteiger partial charge in [0.15, 0.2) is 5.13 Å². The molecule has 0 aliphatic carbocycles. The molecule has 0 aromatic carbocycles. The van der Waals surface area contributed by atoms with Crippen molar-refractivity contribution in [3.8, 4) is 10.6 Å². The van der Waals surface area contributed by atoms with E-state index in [0.717, 1.165) is 34.9 Å². The summed E-state index contributed by atoms with van der Waals surface area (Å²) in [6, 6.07) is 0.933. The summed E-state index contributed by atoms with van der Waals surface area (Å²) in [7, 11) is 0. The summed E-state index contributed by atoms with van der Waals surface area (Å²) in [4.78, 5) is 39.3. The zero-order chi connectivity index (χ0) is 18.0. The molecule has 3 heterocycles. The molecule has 2 aromatic heterocycles. The summed E-state index contributed by atoms with van der Waals surface area (Å²) >= 11 is 1.35. The molecule has 1 saturated heterocycles. The van der Waals surface area contributed by atoms with Crippen molar-refractivity contribution in [2.45, 2.75) is 39.2 Å². The number of anilines is 1. The Hall–Kier alpha value is -2.55. The van der Waals surface area contributed by atoms with Crippen LogP contribution in [0, 0.1) is 6.92 Å². The topological polar surface area (TPSA) is 114 Å². The number of thiazole rings is 1. The molecule has 1 unspecified atom stereocenters. The summed E-state index contributed by atoms with van der Waals surface area (Å²) in [5.41, 5.74) is 6.94. The number of nitrogens with two attached hydrogens (primary N) is 1. The summed E-state index contributed by atoms with van der Waals surface area (Å²) in [6.45, 7) is 4.38. The Kier molecular flexibility index (Phi) is 4.93. The molecule has 3 N–H and O–H groups in total. The van der Waals surface area contributed by atoms with Gasteiger partial charge in [0.1, 0.15) is 11.9 Å². The van der Waals surface area contributed by atoms with E-state index in [1.807, 2.05) is 19.9 Å². The molecule has 0 spiro atoms. The maximum absolute atomic E-state index is 12.4. The van der Waals surface area contributed by atoms with Crippen molar-refractivity contribution in [1.29, 1.82) is 0 Å². The highest BCUT2D eigenvalue weighted by atomic mass is 32.1. The average molecular weight is 360 g/mol. The van der Waals surface area contributed by atoms with Gasteiger partial charge in [0.05, 0.1) is 16.3 Å². The molecule has 9 heteroatoms. The Morgan fingerprint density at radius 2 is 2.24 bits per heavy atom. The zero-order valence-corrected chi connectivity index (χ0v) is 15.0. The van der Waals surface area contributed by atoms with Gasteiger partial charge in [-0.25, -0.2) is 19.7 Å². The number of likely N-dealkylation sites (tertiary alicyclic amines) is 1. The molecular formula is C16H20N6O2S. The third kappa shape index (κ3) is 3.60. The van der Waals surface area contributed by atoms with Gasteiger partial charge >= 0.3 is 6.03 Å². The van der Waals surface area contributed by atoms with Gasteiger partial charge < -0.3 is 10.6 Å². The number of urea groups is 1. The first-order valence-corrected chi connectivity index (χ1v) is 8.98.